The molecular weight excluding hydrogens is 312 g/mol. The van der Waals surface area contributed by atoms with Crippen molar-refractivity contribution in [1.82, 2.24) is 4.98 Å². The number of anilines is 1. The first-order valence-corrected chi connectivity index (χ1v) is 8.14. The molecule has 0 fully saturated rings. The van der Waals surface area contributed by atoms with Crippen LogP contribution in [-0.4, -0.2) is 20.5 Å². The summed E-state index contributed by atoms with van der Waals surface area (Å²) >= 11 is 5.87. The monoisotopic (exact) mass is 326 g/mol. The van der Waals surface area contributed by atoms with Crippen molar-refractivity contribution in [2.24, 2.45) is 0 Å². The summed E-state index contributed by atoms with van der Waals surface area (Å²) in [7, 11) is -2.42. The molecule has 0 aliphatic rings. The van der Waals surface area contributed by atoms with Crippen LogP contribution in [0.4, 0.5) is 5.82 Å². The molecule has 0 radical (unpaired) electrons. The van der Waals surface area contributed by atoms with Crippen LogP contribution in [0.15, 0.2) is 41.3 Å². The molecule has 0 bridgehead atoms. The maximum absolute atomic E-state index is 12.4. The molecule has 112 valence electrons. The lowest BCUT2D eigenvalue weighted by molar-refractivity contribution is 0.403. The third kappa shape index (κ3) is 3.65. The Labute approximate surface area is 129 Å². The fraction of sp³-hybridized carbons (Fsp3) is 0.214. The quantitative estimate of drug-likeness (QED) is 0.916. The van der Waals surface area contributed by atoms with Gasteiger partial charge in [-0.3, -0.25) is 4.72 Å². The lowest BCUT2D eigenvalue weighted by atomic mass is 10.3. The maximum Gasteiger partial charge on any atom is 0.266 e. The number of aryl methyl sites for hydroxylation is 1. The summed E-state index contributed by atoms with van der Waals surface area (Å²) in [5.41, 5.74) is 0.799. The first-order valence-electron chi connectivity index (χ1n) is 6.28. The van der Waals surface area contributed by atoms with E-state index in [1.807, 2.05) is 13.0 Å². The van der Waals surface area contributed by atoms with E-state index >= 15 is 0 Å². The summed E-state index contributed by atoms with van der Waals surface area (Å²) in [6.45, 7) is 1.95. The van der Waals surface area contributed by atoms with Crippen molar-refractivity contribution in [3.05, 3.63) is 47.1 Å². The highest BCUT2D eigenvalue weighted by atomic mass is 35.5. The SMILES string of the molecule is CCc1cccc(NS(=O)(=O)c2cc(Cl)ccc2OC)n1. The number of rotatable bonds is 5. The number of sulfonamides is 1. The molecule has 1 N–H and O–H groups in total. The number of aromatic nitrogens is 1. The standard InChI is InChI=1S/C14H15ClN2O3S/c1-3-11-5-4-6-14(16-11)17-21(18,19)13-9-10(15)7-8-12(13)20-2/h4-9H,3H2,1-2H3,(H,16,17). The minimum atomic E-state index is -3.83. The van der Waals surface area contributed by atoms with Crippen molar-refractivity contribution in [2.45, 2.75) is 18.2 Å². The first-order chi connectivity index (χ1) is 9.96. The van der Waals surface area contributed by atoms with Crippen LogP contribution < -0.4 is 9.46 Å². The van der Waals surface area contributed by atoms with Gasteiger partial charge in [0, 0.05) is 10.7 Å². The number of nitrogens with zero attached hydrogens (tertiary/aromatic N) is 1. The van der Waals surface area contributed by atoms with Gasteiger partial charge in [-0.25, -0.2) is 13.4 Å². The van der Waals surface area contributed by atoms with Gasteiger partial charge in [0.15, 0.2) is 0 Å². The zero-order valence-electron chi connectivity index (χ0n) is 11.6. The molecule has 2 rings (SSSR count). The van der Waals surface area contributed by atoms with Gasteiger partial charge in [0.05, 0.1) is 7.11 Å². The first kappa shape index (κ1) is 15.6. The highest BCUT2D eigenvalue weighted by Crippen LogP contribution is 2.28. The van der Waals surface area contributed by atoms with E-state index in [0.29, 0.717) is 5.02 Å². The number of hydrogen-bond acceptors (Lipinski definition) is 4. The van der Waals surface area contributed by atoms with Gasteiger partial charge >= 0.3 is 0 Å². The molecule has 5 nitrogen and oxygen atoms in total. The maximum atomic E-state index is 12.4. The second kappa shape index (κ2) is 6.32. The third-order valence-corrected chi connectivity index (χ3v) is 4.43. The summed E-state index contributed by atoms with van der Waals surface area (Å²) in [5, 5.41) is 0.312. The largest absolute Gasteiger partial charge is 0.495 e. The Kier molecular flexibility index (Phi) is 4.69. The van der Waals surface area contributed by atoms with Gasteiger partial charge in [-0.15, -0.1) is 0 Å². The molecule has 0 unspecified atom stereocenters. The smallest absolute Gasteiger partial charge is 0.266 e. The van der Waals surface area contributed by atoms with E-state index in [0.717, 1.165) is 12.1 Å². The Morgan fingerprint density at radius 1 is 1.29 bits per heavy atom. The molecule has 1 heterocycles. The van der Waals surface area contributed by atoms with E-state index in [2.05, 4.69) is 9.71 Å². The number of nitrogens with one attached hydrogen (secondary N) is 1. The molecule has 0 saturated heterocycles. The van der Waals surface area contributed by atoms with Crippen LogP contribution >= 0.6 is 11.6 Å². The highest BCUT2D eigenvalue weighted by Gasteiger charge is 2.20. The number of pyridine rings is 1. The summed E-state index contributed by atoms with van der Waals surface area (Å²) < 4.78 is 32.4. The number of hydrogen-bond donors (Lipinski definition) is 1. The predicted octanol–water partition coefficient (Wildman–Crippen LogP) is 3.11. The van der Waals surface area contributed by atoms with Crippen LogP contribution in [-0.2, 0) is 16.4 Å². The number of benzene rings is 1. The van der Waals surface area contributed by atoms with E-state index in [4.69, 9.17) is 16.3 Å². The number of halogens is 1. The lowest BCUT2D eigenvalue weighted by Gasteiger charge is -2.11. The van der Waals surface area contributed by atoms with Crippen LogP contribution in [0.2, 0.25) is 5.02 Å². The van der Waals surface area contributed by atoms with Gasteiger partial charge in [0.2, 0.25) is 0 Å². The van der Waals surface area contributed by atoms with Crippen LogP contribution in [0.25, 0.3) is 0 Å². The van der Waals surface area contributed by atoms with Crippen molar-refractivity contribution in [2.75, 3.05) is 11.8 Å². The molecule has 0 aliphatic carbocycles. The van der Waals surface area contributed by atoms with Crippen molar-refractivity contribution in [3.8, 4) is 5.75 Å². The van der Waals surface area contributed by atoms with E-state index in [9.17, 15) is 8.42 Å². The molecule has 0 atom stereocenters. The molecule has 0 amide bonds. The van der Waals surface area contributed by atoms with E-state index in [-0.39, 0.29) is 16.5 Å². The molecule has 21 heavy (non-hydrogen) atoms. The van der Waals surface area contributed by atoms with Crippen LogP contribution in [0, 0.1) is 0 Å². The summed E-state index contributed by atoms with van der Waals surface area (Å²) in [6.07, 6.45) is 0.718. The van der Waals surface area contributed by atoms with Gasteiger partial charge in [0.1, 0.15) is 16.5 Å². The van der Waals surface area contributed by atoms with Crippen molar-refractivity contribution in [1.29, 1.82) is 0 Å². The Bertz CT molecular complexity index is 748. The summed E-state index contributed by atoms with van der Waals surface area (Å²) in [6, 6.07) is 9.58. The predicted molar refractivity (Wildman–Crippen MR) is 82.4 cm³/mol. The zero-order chi connectivity index (χ0) is 15.5. The van der Waals surface area contributed by atoms with Crippen LogP contribution in [0.3, 0.4) is 0 Å². The Hall–Kier alpha value is -1.79. The zero-order valence-corrected chi connectivity index (χ0v) is 13.2. The highest BCUT2D eigenvalue weighted by molar-refractivity contribution is 7.92. The molecular formula is C14H15ClN2O3S. The molecule has 0 aliphatic heterocycles. The summed E-state index contributed by atoms with van der Waals surface area (Å²) in [4.78, 5) is 4.19. The van der Waals surface area contributed by atoms with E-state index < -0.39 is 10.0 Å². The molecule has 0 saturated carbocycles. The number of ether oxygens (including phenoxy) is 1. The summed E-state index contributed by atoms with van der Waals surface area (Å²) in [5.74, 6) is 0.481. The Morgan fingerprint density at radius 3 is 2.71 bits per heavy atom. The molecule has 0 spiro atoms. The average molecular weight is 327 g/mol. The molecule has 2 aromatic rings. The van der Waals surface area contributed by atoms with Crippen molar-refractivity contribution < 1.29 is 13.2 Å². The normalized spacial score (nSPS) is 11.2. The third-order valence-electron chi connectivity index (χ3n) is 2.82. The second-order valence-electron chi connectivity index (χ2n) is 4.27. The van der Waals surface area contributed by atoms with Gasteiger partial charge in [-0.05, 0) is 36.8 Å². The second-order valence-corrected chi connectivity index (χ2v) is 6.36. The van der Waals surface area contributed by atoms with Crippen LogP contribution in [0.1, 0.15) is 12.6 Å². The van der Waals surface area contributed by atoms with Crippen LogP contribution in [0.5, 0.6) is 5.75 Å². The number of methoxy groups -OCH3 is 1. The van der Waals surface area contributed by atoms with Gasteiger partial charge < -0.3 is 4.74 Å². The van der Waals surface area contributed by atoms with Gasteiger partial charge in [0.25, 0.3) is 10.0 Å². The molecule has 1 aromatic carbocycles. The van der Waals surface area contributed by atoms with Crippen molar-refractivity contribution >= 4 is 27.4 Å². The van der Waals surface area contributed by atoms with Gasteiger partial charge in [-0.1, -0.05) is 24.6 Å². The minimum Gasteiger partial charge on any atom is -0.495 e. The minimum absolute atomic E-state index is 0.0267. The van der Waals surface area contributed by atoms with E-state index in [1.54, 1.807) is 18.2 Å². The molecule has 7 heteroatoms. The van der Waals surface area contributed by atoms with E-state index in [1.165, 1.54) is 19.2 Å². The fourth-order valence-corrected chi connectivity index (χ4v) is 3.22. The average Bonchev–Trinajstić information content (AvgIpc) is 2.47. The molecule has 1 aromatic heterocycles. The fourth-order valence-electron chi connectivity index (χ4n) is 1.79. The Balaban J connectivity index is 2.40. The van der Waals surface area contributed by atoms with Crippen molar-refractivity contribution in [3.63, 3.8) is 0 Å². The van der Waals surface area contributed by atoms with Gasteiger partial charge in [-0.2, -0.15) is 0 Å². The topological polar surface area (TPSA) is 68.3 Å². The Morgan fingerprint density at radius 2 is 2.05 bits per heavy atom. The lowest BCUT2D eigenvalue weighted by Crippen LogP contribution is -2.15.